The van der Waals surface area contributed by atoms with Crippen LogP contribution in [0.25, 0.3) is 0 Å². The lowest BCUT2D eigenvalue weighted by atomic mass is 10.3. The zero-order valence-electron chi connectivity index (χ0n) is 10.8. The summed E-state index contributed by atoms with van der Waals surface area (Å²) >= 11 is 0. The number of hydrogen-bond acceptors (Lipinski definition) is 4. The first-order chi connectivity index (χ1) is 9.13. The van der Waals surface area contributed by atoms with E-state index in [1.165, 1.54) is 0 Å². The number of carbonyl (C=O) groups is 2. The molecule has 0 aliphatic heterocycles. The molecule has 1 aromatic rings. The standard InChI is InChI=1S/C13H18N2O4/c1-2-18-9-13(17)15-10-5-3-4-6-11(10)19-8-7-12(14)16/h3-6H,2,7-9H2,1H3,(H2,14,16)(H,15,17). The first-order valence-corrected chi connectivity index (χ1v) is 6.01. The SMILES string of the molecule is CCOCC(=O)Nc1ccccc1OCCC(N)=O. The lowest BCUT2D eigenvalue weighted by Crippen LogP contribution is -2.19. The molecule has 1 aromatic carbocycles. The smallest absolute Gasteiger partial charge is 0.250 e. The molecule has 6 heteroatoms. The number of nitrogens with one attached hydrogen (secondary N) is 1. The Hall–Kier alpha value is -2.08. The van der Waals surface area contributed by atoms with Gasteiger partial charge in [0.05, 0.1) is 18.7 Å². The Morgan fingerprint density at radius 1 is 1.32 bits per heavy atom. The quantitative estimate of drug-likeness (QED) is 0.732. The van der Waals surface area contributed by atoms with Gasteiger partial charge in [-0.25, -0.2) is 0 Å². The summed E-state index contributed by atoms with van der Waals surface area (Å²) in [5.74, 6) is -0.195. The Morgan fingerprint density at radius 2 is 2.05 bits per heavy atom. The van der Waals surface area contributed by atoms with Crippen LogP contribution in [0.4, 0.5) is 5.69 Å². The predicted octanol–water partition coefficient (Wildman–Crippen LogP) is 0.916. The fourth-order valence-corrected chi connectivity index (χ4v) is 1.34. The zero-order chi connectivity index (χ0) is 14.1. The van der Waals surface area contributed by atoms with Crippen LogP contribution in [0.1, 0.15) is 13.3 Å². The maximum absolute atomic E-state index is 11.5. The summed E-state index contributed by atoms with van der Waals surface area (Å²) < 4.78 is 10.4. The summed E-state index contributed by atoms with van der Waals surface area (Å²) in [6.45, 7) is 2.46. The van der Waals surface area contributed by atoms with E-state index in [0.717, 1.165) is 0 Å². The highest BCUT2D eigenvalue weighted by Gasteiger charge is 2.07. The van der Waals surface area contributed by atoms with Crippen molar-refractivity contribution < 1.29 is 19.1 Å². The molecule has 0 fully saturated rings. The molecule has 0 aliphatic rings. The molecule has 0 atom stereocenters. The third kappa shape index (κ3) is 5.87. The zero-order valence-corrected chi connectivity index (χ0v) is 10.8. The predicted molar refractivity (Wildman–Crippen MR) is 70.9 cm³/mol. The fourth-order valence-electron chi connectivity index (χ4n) is 1.34. The number of amides is 2. The van der Waals surface area contributed by atoms with Gasteiger partial charge in [0.15, 0.2) is 0 Å². The van der Waals surface area contributed by atoms with Gasteiger partial charge in [-0.2, -0.15) is 0 Å². The molecule has 104 valence electrons. The second-order valence-corrected chi connectivity index (χ2v) is 3.75. The monoisotopic (exact) mass is 266 g/mol. The van der Waals surface area contributed by atoms with Crippen LogP contribution < -0.4 is 15.8 Å². The van der Waals surface area contributed by atoms with Crippen molar-refractivity contribution in [1.29, 1.82) is 0 Å². The molecule has 0 saturated heterocycles. The summed E-state index contributed by atoms with van der Waals surface area (Å²) in [6.07, 6.45) is 0.126. The van der Waals surface area contributed by atoms with Crippen LogP contribution in [0.2, 0.25) is 0 Å². The van der Waals surface area contributed by atoms with Crippen molar-refractivity contribution in [2.45, 2.75) is 13.3 Å². The maximum atomic E-state index is 11.5. The van der Waals surface area contributed by atoms with Crippen LogP contribution in [0.3, 0.4) is 0 Å². The van der Waals surface area contributed by atoms with E-state index in [1.807, 2.05) is 6.92 Å². The van der Waals surface area contributed by atoms with Crippen LogP contribution in [-0.2, 0) is 14.3 Å². The first kappa shape index (κ1) is 15.0. The minimum Gasteiger partial charge on any atom is -0.491 e. The Labute approximate surface area is 111 Å². The molecular formula is C13H18N2O4. The number of hydrogen-bond donors (Lipinski definition) is 2. The van der Waals surface area contributed by atoms with Gasteiger partial charge < -0.3 is 20.5 Å². The van der Waals surface area contributed by atoms with Crippen molar-refractivity contribution in [2.24, 2.45) is 5.73 Å². The Kier molecular flexibility index (Phi) is 6.38. The number of carbonyl (C=O) groups excluding carboxylic acids is 2. The molecular weight excluding hydrogens is 248 g/mol. The summed E-state index contributed by atoms with van der Waals surface area (Å²) in [6, 6.07) is 6.97. The van der Waals surface area contributed by atoms with E-state index < -0.39 is 5.91 Å². The minimum atomic E-state index is -0.433. The lowest BCUT2D eigenvalue weighted by Gasteiger charge is -2.11. The van der Waals surface area contributed by atoms with Gasteiger partial charge in [0, 0.05) is 6.61 Å². The van der Waals surface area contributed by atoms with Crippen molar-refractivity contribution in [1.82, 2.24) is 0 Å². The molecule has 0 bridgehead atoms. The molecule has 0 saturated carbocycles. The van der Waals surface area contributed by atoms with E-state index in [1.54, 1.807) is 24.3 Å². The van der Waals surface area contributed by atoms with E-state index >= 15 is 0 Å². The summed E-state index contributed by atoms with van der Waals surface area (Å²) in [4.78, 5) is 22.2. The molecule has 0 spiro atoms. The highest BCUT2D eigenvalue weighted by molar-refractivity contribution is 5.93. The van der Waals surface area contributed by atoms with Crippen LogP contribution in [0, 0.1) is 0 Å². The average Bonchev–Trinajstić information content (AvgIpc) is 2.38. The van der Waals surface area contributed by atoms with Gasteiger partial charge in [-0.1, -0.05) is 12.1 Å². The number of ether oxygens (including phenoxy) is 2. The third-order valence-electron chi connectivity index (χ3n) is 2.20. The summed E-state index contributed by atoms with van der Waals surface area (Å²) in [5, 5.41) is 2.68. The second-order valence-electron chi connectivity index (χ2n) is 3.75. The minimum absolute atomic E-state index is 0.00782. The first-order valence-electron chi connectivity index (χ1n) is 6.01. The Bertz CT molecular complexity index is 434. The van der Waals surface area contributed by atoms with E-state index in [0.29, 0.717) is 18.0 Å². The van der Waals surface area contributed by atoms with Crippen LogP contribution in [0.15, 0.2) is 24.3 Å². The fraction of sp³-hybridized carbons (Fsp3) is 0.385. The Balaban J connectivity index is 2.57. The molecule has 6 nitrogen and oxygen atoms in total. The molecule has 2 amide bonds. The van der Waals surface area contributed by atoms with Crippen LogP contribution in [0.5, 0.6) is 5.75 Å². The molecule has 0 aromatic heterocycles. The van der Waals surface area contributed by atoms with Crippen molar-refractivity contribution in [2.75, 3.05) is 25.1 Å². The summed E-state index contributed by atoms with van der Waals surface area (Å²) in [5.41, 5.74) is 5.56. The maximum Gasteiger partial charge on any atom is 0.250 e. The normalized spacial score (nSPS) is 9.95. The third-order valence-corrected chi connectivity index (χ3v) is 2.20. The molecule has 3 N–H and O–H groups in total. The number of rotatable bonds is 8. The van der Waals surface area contributed by atoms with Crippen molar-refractivity contribution in [3.63, 3.8) is 0 Å². The van der Waals surface area contributed by atoms with Gasteiger partial charge in [0.25, 0.3) is 0 Å². The van der Waals surface area contributed by atoms with Crippen LogP contribution >= 0.6 is 0 Å². The molecule has 0 aliphatic carbocycles. The summed E-state index contributed by atoms with van der Waals surface area (Å²) in [7, 11) is 0. The number of benzene rings is 1. The second kappa shape index (κ2) is 8.10. The average molecular weight is 266 g/mol. The topological polar surface area (TPSA) is 90.7 Å². The highest BCUT2D eigenvalue weighted by atomic mass is 16.5. The van der Waals surface area contributed by atoms with Crippen molar-refractivity contribution in [3.05, 3.63) is 24.3 Å². The van der Waals surface area contributed by atoms with Gasteiger partial charge in [-0.05, 0) is 19.1 Å². The van der Waals surface area contributed by atoms with E-state index in [4.69, 9.17) is 15.2 Å². The van der Waals surface area contributed by atoms with E-state index in [9.17, 15) is 9.59 Å². The van der Waals surface area contributed by atoms with Gasteiger partial charge in [-0.15, -0.1) is 0 Å². The van der Waals surface area contributed by atoms with Gasteiger partial charge in [0.2, 0.25) is 11.8 Å². The molecule has 0 heterocycles. The molecule has 0 unspecified atom stereocenters. The molecule has 0 radical (unpaired) electrons. The highest BCUT2D eigenvalue weighted by Crippen LogP contribution is 2.23. The van der Waals surface area contributed by atoms with Gasteiger partial charge in [0.1, 0.15) is 12.4 Å². The Morgan fingerprint density at radius 3 is 2.74 bits per heavy atom. The van der Waals surface area contributed by atoms with Gasteiger partial charge >= 0.3 is 0 Å². The number of primary amides is 1. The van der Waals surface area contributed by atoms with E-state index in [2.05, 4.69) is 5.32 Å². The van der Waals surface area contributed by atoms with Crippen molar-refractivity contribution in [3.8, 4) is 5.75 Å². The van der Waals surface area contributed by atoms with Crippen LogP contribution in [-0.4, -0.2) is 31.6 Å². The largest absolute Gasteiger partial charge is 0.491 e. The number of nitrogens with two attached hydrogens (primary N) is 1. The number of para-hydroxylation sites is 2. The molecule has 1 rings (SSSR count). The number of anilines is 1. The lowest BCUT2D eigenvalue weighted by molar-refractivity contribution is -0.120. The van der Waals surface area contributed by atoms with E-state index in [-0.39, 0.29) is 25.5 Å². The van der Waals surface area contributed by atoms with Crippen molar-refractivity contribution >= 4 is 17.5 Å². The molecule has 19 heavy (non-hydrogen) atoms. The van der Waals surface area contributed by atoms with Gasteiger partial charge in [-0.3, -0.25) is 9.59 Å².